The summed E-state index contributed by atoms with van der Waals surface area (Å²) in [4.78, 5) is 11.9. The summed E-state index contributed by atoms with van der Waals surface area (Å²) < 4.78 is 1.14. The Morgan fingerprint density at radius 1 is 1.44 bits per heavy atom. The minimum absolute atomic E-state index is 0.0305. The van der Waals surface area contributed by atoms with E-state index in [1.165, 1.54) is 5.56 Å². The van der Waals surface area contributed by atoms with Gasteiger partial charge < -0.3 is 11.1 Å². The fourth-order valence-corrected chi connectivity index (χ4v) is 1.90. The first-order chi connectivity index (χ1) is 8.20. The maximum atomic E-state index is 11.9. The SMILES string of the molecule is Cc1ccc(NC(=O)CC(N)C(C)(C)C)cc1I. The van der Waals surface area contributed by atoms with Gasteiger partial charge in [-0.3, -0.25) is 4.79 Å². The van der Waals surface area contributed by atoms with Crippen molar-refractivity contribution in [3.05, 3.63) is 27.3 Å². The van der Waals surface area contributed by atoms with E-state index in [1.807, 2.05) is 45.9 Å². The number of carbonyl (C=O) groups is 1. The van der Waals surface area contributed by atoms with Crippen molar-refractivity contribution < 1.29 is 4.79 Å². The standard InChI is InChI=1S/C14H21IN2O/c1-9-5-6-10(7-11(9)15)17-13(18)8-12(16)14(2,3)4/h5-7,12H,8,16H2,1-4H3,(H,17,18). The number of amides is 1. The maximum Gasteiger partial charge on any atom is 0.225 e. The number of halogens is 1. The molecule has 0 aliphatic carbocycles. The fraction of sp³-hybridized carbons (Fsp3) is 0.500. The molecule has 0 fully saturated rings. The lowest BCUT2D eigenvalue weighted by Gasteiger charge is -2.26. The number of rotatable bonds is 3. The van der Waals surface area contributed by atoms with Crippen LogP contribution in [0.5, 0.6) is 0 Å². The van der Waals surface area contributed by atoms with Crippen LogP contribution in [0.1, 0.15) is 32.8 Å². The second kappa shape index (κ2) is 6.02. The van der Waals surface area contributed by atoms with Crippen LogP contribution >= 0.6 is 22.6 Å². The molecule has 18 heavy (non-hydrogen) atoms. The Morgan fingerprint density at radius 2 is 2.06 bits per heavy atom. The molecule has 0 aliphatic rings. The summed E-state index contributed by atoms with van der Waals surface area (Å²) in [7, 11) is 0. The third kappa shape index (κ3) is 4.57. The summed E-state index contributed by atoms with van der Waals surface area (Å²) in [6, 6.07) is 5.75. The molecule has 0 saturated carbocycles. The molecular formula is C14H21IN2O. The summed E-state index contributed by atoms with van der Waals surface area (Å²) in [6.07, 6.45) is 0.341. The van der Waals surface area contributed by atoms with Gasteiger partial charge in [0.25, 0.3) is 0 Å². The molecule has 1 aromatic rings. The molecule has 3 N–H and O–H groups in total. The quantitative estimate of drug-likeness (QED) is 0.813. The largest absolute Gasteiger partial charge is 0.327 e. The number of aryl methyl sites for hydroxylation is 1. The van der Waals surface area contributed by atoms with E-state index in [-0.39, 0.29) is 17.4 Å². The summed E-state index contributed by atoms with van der Waals surface area (Å²) in [5.74, 6) is -0.0305. The Hall–Kier alpha value is -0.620. The average molecular weight is 360 g/mol. The molecule has 4 heteroatoms. The van der Waals surface area contributed by atoms with Crippen molar-refractivity contribution in [2.45, 2.75) is 40.2 Å². The van der Waals surface area contributed by atoms with Crippen molar-refractivity contribution in [3.63, 3.8) is 0 Å². The van der Waals surface area contributed by atoms with Crippen LogP contribution in [0.2, 0.25) is 0 Å². The Morgan fingerprint density at radius 3 is 2.56 bits per heavy atom. The van der Waals surface area contributed by atoms with E-state index >= 15 is 0 Å². The van der Waals surface area contributed by atoms with Crippen LogP contribution in [0.3, 0.4) is 0 Å². The molecule has 1 aromatic carbocycles. The van der Waals surface area contributed by atoms with E-state index in [0.717, 1.165) is 9.26 Å². The highest BCUT2D eigenvalue weighted by Crippen LogP contribution is 2.21. The lowest BCUT2D eigenvalue weighted by Crippen LogP contribution is -2.38. The second-order valence-corrected chi connectivity index (χ2v) is 6.85. The molecule has 3 nitrogen and oxygen atoms in total. The van der Waals surface area contributed by atoms with E-state index in [4.69, 9.17) is 5.73 Å². The number of hydrogen-bond acceptors (Lipinski definition) is 2. The van der Waals surface area contributed by atoms with Gasteiger partial charge in [-0.1, -0.05) is 26.8 Å². The minimum atomic E-state index is -0.137. The van der Waals surface area contributed by atoms with Crippen LogP contribution in [0.4, 0.5) is 5.69 Å². The number of carbonyl (C=O) groups excluding carboxylic acids is 1. The van der Waals surface area contributed by atoms with Gasteiger partial charge in [-0.2, -0.15) is 0 Å². The van der Waals surface area contributed by atoms with Gasteiger partial charge in [-0.05, 0) is 52.6 Å². The van der Waals surface area contributed by atoms with Crippen LogP contribution in [0.15, 0.2) is 18.2 Å². The molecule has 100 valence electrons. The van der Waals surface area contributed by atoms with E-state index in [0.29, 0.717) is 6.42 Å². The molecule has 1 unspecified atom stereocenters. The predicted octanol–water partition coefficient (Wildman–Crippen LogP) is 3.30. The second-order valence-electron chi connectivity index (χ2n) is 5.69. The summed E-state index contributed by atoms with van der Waals surface area (Å²) in [6.45, 7) is 8.17. The van der Waals surface area contributed by atoms with Crippen molar-refractivity contribution >= 4 is 34.2 Å². The van der Waals surface area contributed by atoms with Gasteiger partial charge in [0.2, 0.25) is 5.91 Å². The predicted molar refractivity (Wildman–Crippen MR) is 84.6 cm³/mol. The Balaban J connectivity index is 2.62. The first kappa shape index (κ1) is 15.4. The maximum absolute atomic E-state index is 11.9. The summed E-state index contributed by atoms with van der Waals surface area (Å²) in [5, 5.41) is 2.89. The van der Waals surface area contributed by atoms with Gasteiger partial charge in [-0.25, -0.2) is 0 Å². The van der Waals surface area contributed by atoms with Crippen molar-refractivity contribution in [2.75, 3.05) is 5.32 Å². The monoisotopic (exact) mass is 360 g/mol. The summed E-state index contributed by atoms with van der Waals surface area (Å²) >= 11 is 2.26. The molecule has 1 rings (SSSR count). The molecular weight excluding hydrogens is 339 g/mol. The number of hydrogen-bond donors (Lipinski definition) is 2. The van der Waals surface area contributed by atoms with E-state index in [9.17, 15) is 4.79 Å². The van der Waals surface area contributed by atoms with Crippen LogP contribution in [0, 0.1) is 15.9 Å². The van der Waals surface area contributed by atoms with E-state index in [1.54, 1.807) is 0 Å². The molecule has 0 spiro atoms. The van der Waals surface area contributed by atoms with Gasteiger partial charge in [0.05, 0.1) is 0 Å². The first-order valence-electron chi connectivity index (χ1n) is 6.01. The fourth-order valence-electron chi connectivity index (χ4n) is 1.39. The molecule has 1 atom stereocenters. The Bertz CT molecular complexity index is 438. The molecule has 0 saturated heterocycles. The van der Waals surface area contributed by atoms with Crippen LogP contribution in [-0.2, 0) is 4.79 Å². The Labute approximate surface area is 123 Å². The lowest BCUT2D eigenvalue weighted by molar-refractivity contribution is -0.117. The molecule has 0 bridgehead atoms. The number of nitrogens with two attached hydrogens (primary N) is 1. The average Bonchev–Trinajstić information content (AvgIpc) is 2.22. The van der Waals surface area contributed by atoms with Gasteiger partial charge in [0.15, 0.2) is 0 Å². The van der Waals surface area contributed by atoms with E-state index in [2.05, 4.69) is 27.9 Å². The topological polar surface area (TPSA) is 55.1 Å². The lowest BCUT2D eigenvalue weighted by atomic mass is 9.85. The van der Waals surface area contributed by atoms with Crippen molar-refractivity contribution in [2.24, 2.45) is 11.1 Å². The first-order valence-corrected chi connectivity index (χ1v) is 7.09. The van der Waals surface area contributed by atoms with Crippen LogP contribution in [-0.4, -0.2) is 11.9 Å². The van der Waals surface area contributed by atoms with E-state index < -0.39 is 0 Å². The number of nitrogens with one attached hydrogen (secondary N) is 1. The minimum Gasteiger partial charge on any atom is -0.327 e. The highest BCUT2D eigenvalue weighted by atomic mass is 127. The van der Waals surface area contributed by atoms with Crippen molar-refractivity contribution in [3.8, 4) is 0 Å². The Kier molecular flexibility index (Phi) is 5.16. The third-order valence-electron chi connectivity index (χ3n) is 2.97. The van der Waals surface area contributed by atoms with Gasteiger partial charge in [0, 0.05) is 21.7 Å². The molecule has 0 heterocycles. The van der Waals surface area contributed by atoms with Crippen molar-refractivity contribution in [1.29, 1.82) is 0 Å². The third-order valence-corrected chi connectivity index (χ3v) is 4.14. The van der Waals surface area contributed by atoms with Crippen LogP contribution < -0.4 is 11.1 Å². The molecule has 0 radical (unpaired) electrons. The normalized spacial score (nSPS) is 13.2. The van der Waals surface area contributed by atoms with Gasteiger partial charge in [0.1, 0.15) is 0 Å². The zero-order valence-electron chi connectivity index (χ0n) is 11.4. The molecule has 0 aromatic heterocycles. The smallest absolute Gasteiger partial charge is 0.225 e. The zero-order chi connectivity index (χ0) is 13.9. The highest BCUT2D eigenvalue weighted by Gasteiger charge is 2.23. The highest BCUT2D eigenvalue weighted by molar-refractivity contribution is 14.1. The summed E-state index contributed by atoms with van der Waals surface area (Å²) in [5.41, 5.74) is 7.98. The number of benzene rings is 1. The van der Waals surface area contributed by atoms with Gasteiger partial charge >= 0.3 is 0 Å². The van der Waals surface area contributed by atoms with Crippen molar-refractivity contribution in [1.82, 2.24) is 0 Å². The molecule has 0 aliphatic heterocycles. The van der Waals surface area contributed by atoms with Crippen LogP contribution in [0.25, 0.3) is 0 Å². The number of anilines is 1. The zero-order valence-corrected chi connectivity index (χ0v) is 13.5. The van der Waals surface area contributed by atoms with Gasteiger partial charge in [-0.15, -0.1) is 0 Å². The molecule has 1 amide bonds.